The summed E-state index contributed by atoms with van der Waals surface area (Å²) in [6.45, 7) is 6.03. The standard InChI is InChI=1S/C34H42N8O16S2/c1-13(43)53-19-11-51-31(25(57-17(5)47)23(19)55-15(3)45)37-27-21(29(49)41-33(39-27)59-7)35-9-10-36-22-28(40-34(60-8)42-30(22)50)38-32-26(58-18(6)48)24(56-16(4)46)20(12-52-32)54-14(2)44/h9-10,19-20,23-26,31-32H,11-12H2,1-8H3,(H2,37,39,41,49)(H2,38,40,42,50)/t19-,20-,23-,24-,25-,26-,31+,32+/m0/s1. The van der Waals surface area contributed by atoms with Crippen LogP contribution < -0.4 is 21.8 Å². The Kier molecular flexibility index (Phi) is 16.7. The molecule has 8 atom stereocenters. The molecule has 4 rings (SSSR count). The molecule has 0 aliphatic carbocycles. The molecule has 0 radical (unpaired) electrons. The van der Waals surface area contributed by atoms with E-state index in [1.54, 1.807) is 12.5 Å². The van der Waals surface area contributed by atoms with Crippen LogP contribution in [0.25, 0.3) is 0 Å². The fraction of sp³-hybridized carbons (Fsp3) is 0.529. The second-order valence-corrected chi connectivity index (χ2v) is 14.1. The topological polar surface area (TPSA) is 317 Å². The normalized spacial score (nSPS) is 23.9. The third kappa shape index (κ3) is 12.8. The van der Waals surface area contributed by atoms with Gasteiger partial charge in [0.2, 0.25) is 0 Å². The number of aliphatic imine (C=N–C) groups is 2. The van der Waals surface area contributed by atoms with Crippen molar-refractivity contribution in [3.8, 4) is 0 Å². The monoisotopic (exact) mass is 882 g/mol. The third-order valence-corrected chi connectivity index (χ3v) is 9.03. The van der Waals surface area contributed by atoms with Crippen LogP contribution >= 0.6 is 23.5 Å². The van der Waals surface area contributed by atoms with E-state index in [-0.39, 0.29) is 46.5 Å². The highest BCUT2D eigenvalue weighted by atomic mass is 32.2. The van der Waals surface area contributed by atoms with Crippen LogP contribution in [0.4, 0.5) is 23.0 Å². The lowest BCUT2D eigenvalue weighted by molar-refractivity contribution is -0.221. The molecule has 0 saturated carbocycles. The van der Waals surface area contributed by atoms with E-state index >= 15 is 0 Å². The summed E-state index contributed by atoms with van der Waals surface area (Å²) in [6, 6.07) is 0. The van der Waals surface area contributed by atoms with E-state index in [0.717, 1.165) is 77.5 Å². The molecule has 0 bridgehead atoms. The van der Waals surface area contributed by atoms with Crippen molar-refractivity contribution in [1.29, 1.82) is 0 Å². The Morgan fingerprint density at radius 3 is 1.20 bits per heavy atom. The molecule has 2 aliphatic heterocycles. The van der Waals surface area contributed by atoms with E-state index in [1.165, 1.54) is 0 Å². The number of esters is 6. The molecular weight excluding hydrogens is 841 g/mol. The molecular formula is C34H42N8O16S2. The van der Waals surface area contributed by atoms with Crippen molar-refractivity contribution in [3.05, 3.63) is 20.7 Å². The van der Waals surface area contributed by atoms with Gasteiger partial charge in [-0.3, -0.25) is 48.3 Å². The van der Waals surface area contributed by atoms with Crippen molar-refractivity contribution in [2.24, 2.45) is 9.98 Å². The van der Waals surface area contributed by atoms with Crippen LogP contribution in [-0.4, -0.2) is 143 Å². The average Bonchev–Trinajstić information content (AvgIpc) is 3.14. The molecule has 60 heavy (non-hydrogen) atoms. The number of carbonyl (C=O) groups excluding carboxylic acids is 6. The number of rotatable bonds is 15. The molecule has 2 aromatic rings. The predicted molar refractivity (Wildman–Crippen MR) is 210 cm³/mol. The van der Waals surface area contributed by atoms with E-state index in [1.807, 2.05) is 0 Å². The second-order valence-electron chi connectivity index (χ2n) is 12.5. The van der Waals surface area contributed by atoms with Gasteiger partial charge in [0.15, 0.2) is 82.4 Å². The number of thioether (sulfide) groups is 2. The minimum absolute atomic E-state index is 0.138. The van der Waals surface area contributed by atoms with Gasteiger partial charge in [-0.2, -0.15) is 0 Å². The molecule has 4 N–H and O–H groups in total. The molecule has 0 aromatic carbocycles. The number of H-pyrrole nitrogens is 2. The summed E-state index contributed by atoms with van der Waals surface area (Å²) in [4.78, 5) is 121. The molecule has 0 unspecified atom stereocenters. The number of carbonyl (C=O) groups is 6. The summed E-state index contributed by atoms with van der Waals surface area (Å²) < 4.78 is 43.8. The second kappa shape index (κ2) is 21.4. The van der Waals surface area contributed by atoms with Crippen LogP contribution in [0.1, 0.15) is 41.5 Å². The molecule has 326 valence electrons. The number of ether oxygens (including phenoxy) is 8. The highest BCUT2D eigenvalue weighted by molar-refractivity contribution is 7.98. The zero-order valence-corrected chi connectivity index (χ0v) is 35.0. The number of hydrogen-bond donors (Lipinski definition) is 4. The fourth-order valence-corrected chi connectivity index (χ4v) is 6.50. The van der Waals surface area contributed by atoms with Gasteiger partial charge in [0, 0.05) is 54.0 Å². The summed E-state index contributed by atoms with van der Waals surface area (Å²) in [5.74, 6) is -4.96. The van der Waals surface area contributed by atoms with Gasteiger partial charge in [-0.05, 0) is 12.5 Å². The zero-order valence-electron chi connectivity index (χ0n) is 33.3. The van der Waals surface area contributed by atoms with Gasteiger partial charge >= 0.3 is 35.8 Å². The van der Waals surface area contributed by atoms with Crippen molar-refractivity contribution >= 4 is 94.8 Å². The van der Waals surface area contributed by atoms with Crippen molar-refractivity contribution in [2.45, 2.75) is 101 Å². The maximum absolute atomic E-state index is 13.3. The summed E-state index contributed by atoms with van der Waals surface area (Å²) in [5.41, 5.74) is -2.17. The highest BCUT2D eigenvalue weighted by Crippen LogP contribution is 2.30. The number of aromatic nitrogens is 4. The van der Waals surface area contributed by atoms with E-state index < -0.39 is 96.0 Å². The summed E-state index contributed by atoms with van der Waals surface area (Å²) >= 11 is 2.15. The fourth-order valence-electron chi connectivity index (χ4n) is 5.74. The van der Waals surface area contributed by atoms with Crippen LogP contribution in [0.5, 0.6) is 0 Å². The number of nitrogens with zero attached hydrogens (tertiary/aromatic N) is 4. The Labute approximate surface area is 348 Å². The van der Waals surface area contributed by atoms with Gasteiger partial charge in [-0.25, -0.2) is 20.0 Å². The van der Waals surface area contributed by atoms with Crippen LogP contribution in [-0.2, 0) is 66.7 Å². The highest BCUT2D eigenvalue weighted by Gasteiger charge is 2.48. The van der Waals surface area contributed by atoms with Gasteiger partial charge in [0.1, 0.15) is 0 Å². The zero-order chi connectivity index (χ0) is 44.3. The molecule has 2 aliphatic rings. The van der Waals surface area contributed by atoms with Gasteiger partial charge in [0.25, 0.3) is 11.1 Å². The maximum Gasteiger partial charge on any atom is 0.303 e. The average molecular weight is 883 g/mol. The van der Waals surface area contributed by atoms with Crippen LogP contribution in [0, 0.1) is 0 Å². The Balaban J connectivity index is 1.69. The summed E-state index contributed by atoms with van der Waals surface area (Å²) in [6.07, 6.45) is -5.11. The van der Waals surface area contributed by atoms with Crippen molar-refractivity contribution in [1.82, 2.24) is 19.9 Å². The Bertz CT molecular complexity index is 1980. The lowest BCUT2D eigenvalue weighted by Gasteiger charge is -2.40. The van der Waals surface area contributed by atoms with Crippen molar-refractivity contribution < 1.29 is 66.7 Å². The van der Waals surface area contributed by atoms with Gasteiger partial charge in [-0.1, -0.05) is 23.5 Å². The number of anilines is 2. The SMILES string of the molecule is CSc1nc(N[C@@H]2OC[C@H](OC(C)=O)[C@H](OC(C)=O)[C@@H]2OC(C)=O)c(N=CC=Nc2c(N[C@@H]3OC[C@H](OC(C)=O)[C@H](OC(C)=O)[C@@H]3OC(C)=O)nc(SC)[nH]c2=O)c(=O)[nH]1. The minimum Gasteiger partial charge on any atom is -0.456 e. The first-order valence-electron chi connectivity index (χ1n) is 17.6. The van der Waals surface area contributed by atoms with E-state index in [4.69, 9.17) is 37.9 Å². The van der Waals surface area contributed by atoms with Gasteiger partial charge in [0.05, 0.1) is 13.2 Å². The summed E-state index contributed by atoms with van der Waals surface area (Å²) in [7, 11) is 0. The van der Waals surface area contributed by atoms with Gasteiger partial charge < -0.3 is 48.5 Å². The quantitative estimate of drug-likeness (QED) is 0.0623. The van der Waals surface area contributed by atoms with Crippen LogP contribution in [0.2, 0.25) is 0 Å². The largest absolute Gasteiger partial charge is 0.456 e. The van der Waals surface area contributed by atoms with Gasteiger partial charge in [-0.15, -0.1) is 0 Å². The molecule has 24 nitrogen and oxygen atoms in total. The molecule has 0 spiro atoms. The Morgan fingerprint density at radius 1 is 0.583 bits per heavy atom. The number of nitrogens with one attached hydrogen (secondary N) is 4. The van der Waals surface area contributed by atoms with Crippen LogP contribution in [0.3, 0.4) is 0 Å². The Hall–Kier alpha value is -5.86. The van der Waals surface area contributed by atoms with E-state index in [9.17, 15) is 38.4 Å². The first-order chi connectivity index (χ1) is 28.4. The number of hydrogen-bond acceptors (Lipinski definition) is 24. The lowest BCUT2D eigenvalue weighted by atomic mass is 10.0. The molecule has 4 heterocycles. The Morgan fingerprint density at radius 2 is 0.900 bits per heavy atom. The first-order valence-corrected chi connectivity index (χ1v) is 20.1. The van der Waals surface area contributed by atoms with Crippen molar-refractivity contribution in [2.75, 3.05) is 36.4 Å². The first kappa shape index (κ1) is 46.8. The van der Waals surface area contributed by atoms with E-state index in [0.29, 0.717) is 0 Å². The van der Waals surface area contributed by atoms with E-state index in [2.05, 4.69) is 40.6 Å². The molecule has 2 saturated heterocycles. The lowest BCUT2D eigenvalue weighted by Crippen LogP contribution is -2.59. The summed E-state index contributed by atoms with van der Waals surface area (Å²) in [5, 5.41) is 5.99. The smallest absolute Gasteiger partial charge is 0.303 e. The molecule has 0 amide bonds. The minimum atomic E-state index is -1.42. The van der Waals surface area contributed by atoms with Crippen LogP contribution in [0.15, 0.2) is 29.9 Å². The maximum atomic E-state index is 13.3. The molecule has 2 fully saturated rings. The predicted octanol–water partition coefficient (Wildman–Crippen LogP) is 0.528. The van der Waals surface area contributed by atoms with Crippen molar-refractivity contribution in [3.63, 3.8) is 0 Å². The number of aromatic amines is 2. The third-order valence-electron chi connectivity index (χ3n) is 7.87. The molecule has 26 heteroatoms. The molecule has 2 aromatic heterocycles.